The number of hydrogen-bond donors (Lipinski definition) is 1. The Morgan fingerprint density at radius 3 is 2.33 bits per heavy atom. The molecule has 40 heavy (non-hydrogen) atoms. The van der Waals surface area contributed by atoms with Gasteiger partial charge in [0.25, 0.3) is 5.56 Å². The fraction of sp³-hybridized carbons (Fsp3) is 0.290. The lowest BCUT2D eigenvalue weighted by atomic mass is 10.00. The summed E-state index contributed by atoms with van der Waals surface area (Å²) >= 11 is 0. The molecule has 3 aromatic carbocycles. The first kappa shape index (κ1) is 26.0. The Hall–Kier alpha value is -4.21. The van der Waals surface area contributed by atoms with Gasteiger partial charge in [0.15, 0.2) is 5.82 Å². The van der Waals surface area contributed by atoms with Gasteiger partial charge in [-0.1, -0.05) is 42.5 Å². The zero-order valence-corrected chi connectivity index (χ0v) is 22.7. The molecule has 1 aliphatic rings. The Morgan fingerprint density at radius 2 is 1.57 bits per heavy atom. The number of aromatic nitrogens is 5. The van der Waals surface area contributed by atoms with Gasteiger partial charge in [-0.3, -0.25) is 14.6 Å². The summed E-state index contributed by atoms with van der Waals surface area (Å²) in [7, 11) is 0. The molecule has 1 N–H and O–H groups in total. The zero-order valence-electron chi connectivity index (χ0n) is 22.7. The molecule has 0 saturated carbocycles. The molecule has 6 rings (SSSR count). The standard InChI is InChI=1S/C31H32FN7O/c1-21-16-25-18-27(31(40)33-28(25)17-22(21)2)29(30-34-35-36-39(30)20-24-8-10-26(32)11-9-24)38-14-12-37(13-15-38)19-23-6-4-3-5-7-23/h3-11,16-18,29H,12-15,19-20H2,1-2H3,(H,33,40)/t29-/m1/s1. The van der Waals surface area contributed by atoms with E-state index in [9.17, 15) is 9.18 Å². The summed E-state index contributed by atoms with van der Waals surface area (Å²) in [6.07, 6.45) is 0. The minimum Gasteiger partial charge on any atom is -0.322 e. The van der Waals surface area contributed by atoms with Crippen LogP contribution in [0.5, 0.6) is 0 Å². The van der Waals surface area contributed by atoms with E-state index in [0.29, 0.717) is 17.9 Å². The van der Waals surface area contributed by atoms with E-state index in [1.165, 1.54) is 17.7 Å². The molecule has 3 heterocycles. The second-order valence-electron chi connectivity index (χ2n) is 10.6. The highest BCUT2D eigenvalue weighted by Crippen LogP contribution is 2.29. The van der Waals surface area contributed by atoms with E-state index in [0.717, 1.165) is 60.3 Å². The molecular formula is C31H32FN7O. The van der Waals surface area contributed by atoms with Crippen LogP contribution in [0.2, 0.25) is 0 Å². The first-order chi connectivity index (χ1) is 19.4. The van der Waals surface area contributed by atoms with Crippen LogP contribution < -0.4 is 5.56 Å². The van der Waals surface area contributed by atoms with Gasteiger partial charge in [-0.05, 0) is 82.2 Å². The molecule has 2 aromatic heterocycles. The maximum atomic E-state index is 13.6. The Morgan fingerprint density at radius 1 is 0.875 bits per heavy atom. The van der Waals surface area contributed by atoms with E-state index < -0.39 is 6.04 Å². The molecule has 0 amide bonds. The molecule has 0 bridgehead atoms. The van der Waals surface area contributed by atoms with Gasteiger partial charge in [-0.15, -0.1) is 5.10 Å². The van der Waals surface area contributed by atoms with Crippen LogP contribution >= 0.6 is 0 Å². The number of tetrazole rings is 1. The number of pyridine rings is 1. The van der Waals surface area contributed by atoms with E-state index in [1.807, 2.05) is 25.1 Å². The third-order valence-electron chi connectivity index (χ3n) is 7.85. The van der Waals surface area contributed by atoms with Crippen LogP contribution in [0.15, 0.2) is 77.6 Å². The molecule has 9 heteroatoms. The van der Waals surface area contributed by atoms with Crippen molar-refractivity contribution in [2.24, 2.45) is 0 Å². The van der Waals surface area contributed by atoms with Gasteiger partial charge in [0.1, 0.15) is 11.9 Å². The molecule has 0 radical (unpaired) electrons. The normalized spacial score (nSPS) is 15.5. The first-order valence-corrected chi connectivity index (χ1v) is 13.6. The summed E-state index contributed by atoms with van der Waals surface area (Å²) in [6.45, 7) is 8.60. The molecule has 1 fully saturated rings. The monoisotopic (exact) mass is 537 g/mol. The van der Waals surface area contributed by atoms with Crippen LogP contribution in [0, 0.1) is 19.7 Å². The van der Waals surface area contributed by atoms with E-state index in [1.54, 1.807) is 16.8 Å². The van der Waals surface area contributed by atoms with Crippen molar-refractivity contribution >= 4 is 10.9 Å². The minimum atomic E-state index is -0.441. The number of fused-ring (bicyclic) bond motifs is 1. The predicted octanol–water partition coefficient (Wildman–Crippen LogP) is 4.23. The number of hydrogen-bond acceptors (Lipinski definition) is 6. The topological polar surface area (TPSA) is 82.9 Å². The average molecular weight is 538 g/mol. The van der Waals surface area contributed by atoms with Crippen molar-refractivity contribution in [3.8, 4) is 0 Å². The van der Waals surface area contributed by atoms with Crippen molar-refractivity contribution in [3.63, 3.8) is 0 Å². The molecule has 204 valence electrons. The quantitative estimate of drug-likeness (QED) is 0.335. The van der Waals surface area contributed by atoms with Gasteiger partial charge in [0.2, 0.25) is 0 Å². The van der Waals surface area contributed by atoms with Gasteiger partial charge in [0.05, 0.1) is 6.54 Å². The molecule has 1 saturated heterocycles. The summed E-state index contributed by atoms with van der Waals surface area (Å²) in [5.74, 6) is 0.301. The number of nitrogens with one attached hydrogen (secondary N) is 1. The molecule has 1 aliphatic heterocycles. The largest absolute Gasteiger partial charge is 0.322 e. The van der Waals surface area contributed by atoms with Crippen molar-refractivity contribution < 1.29 is 4.39 Å². The smallest absolute Gasteiger partial charge is 0.253 e. The Balaban J connectivity index is 1.36. The molecule has 5 aromatic rings. The number of benzene rings is 3. The lowest BCUT2D eigenvalue weighted by Crippen LogP contribution is -2.48. The lowest BCUT2D eigenvalue weighted by molar-refractivity contribution is 0.0998. The van der Waals surface area contributed by atoms with Crippen molar-refractivity contribution in [2.45, 2.75) is 33.0 Å². The SMILES string of the molecule is Cc1cc2cc([C@H](c3nnnn3Cc3ccc(F)cc3)N3CCN(Cc4ccccc4)CC3)c(=O)[nH]c2cc1C. The van der Waals surface area contributed by atoms with E-state index in [4.69, 9.17) is 0 Å². The second-order valence-corrected chi connectivity index (χ2v) is 10.6. The number of nitrogens with zero attached hydrogens (tertiary/aromatic N) is 6. The van der Waals surface area contributed by atoms with Crippen LogP contribution in [0.3, 0.4) is 0 Å². The number of piperazine rings is 1. The fourth-order valence-corrected chi connectivity index (χ4v) is 5.50. The number of H-pyrrole nitrogens is 1. The summed E-state index contributed by atoms with van der Waals surface area (Å²) in [5.41, 5.74) is 5.73. The maximum absolute atomic E-state index is 13.6. The zero-order chi connectivity index (χ0) is 27.6. The third-order valence-corrected chi connectivity index (χ3v) is 7.85. The van der Waals surface area contributed by atoms with Crippen molar-refractivity contribution in [1.82, 2.24) is 35.0 Å². The molecule has 0 aliphatic carbocycles. The third kappa shape index (κ3) is 5.43. The van der Waals surface area contributed by atoms with Gasteiger partial charge in [-0.2, -0.15) is 0 Å². The highest BCUT2D eigenvalue weighted by molar-refractivity contribution is 5.81. The molecule has 8 nitrogen and oxygen atoms in total. The molecular weight excluding hydrogens is 505 g/mol. The summed E-state index contributed by atoms with van der Waals surface area (Å²) in [4.78, 5) is 21.5. The minimum absolute atomic E-state index is 0.149. The van der Waals surface area contributed by atoms with Gasteiger partial charge < -0.3 is 4.98 Å². The number of aryl methyl sites for hydroxylation is 2. The second kappa shape index (κ2) is 11.1. The maximum Gasteiger partial charge on any atom is 0.253 e. The summed E-state index contributed by atoms with van der Waals surface area (Å²) < 4.78 is 15.3. The van der Waals surface area contributed by atoms with Crippen LogP contribution in [0.1, 0.15) is 39.7 Å². The van der Waals surface area contributed by atoms with E-state index >= 15 is 0 Å². The lowest BCUT2D eigenvalue weighted by Gasteiger charge is -2.38. The number of halogens is 1. The van der Waals surface area contributed by atoms with Crippen LogP contribution in [0.4, 0.5) is 4.39 Å². The number of rotatable bonds is 7. The van der Waals surface area contributed by atoms with Gasteiger partial charge in [0, 0.05) is 43.8 Å². The predicted molar refractivity (Wildman–Crippen MR) is 152 cm³/mol. The Bertz CT molecular complexity index is 1670. The van der Waals surface area contributed by atoms with Crippen LogP contribution in [-0.2, 0) is 13.1 Å². The summed E-state index contributed by atoms with van der Waals surface area (Å²) in [5, 5.41) is 13.7. The highest BCUT2D eigenvalue weighted by Gasteiger charge is 2.32. The van der Waals surface area contributed by atoms with Crippen LogP contribution in [0.25, 0.3) is 10.9 Å². The highest BCUT2D eigenvalue weighted by atomic mass is 19.1. The van der Waals surface area contributed by atoms with E-state index in [-0.39, 0.29) is 11.4 Å². The number of aromatic amines is 1. The first-order valence-electron chi connectivity index (χ1n) is 13.6. The molecule has 1 atom stereocenters. The Labute approximate surface area is 232 Å². The van der Waals surface area contributed by atoms with Crippen molar-refractivity contribution in [1.29, 1.82) is 0 Å². The van der Waals surface area contributed by atoms with E-state index in [2.05, 4.69) is 67.6 Å². The van der Waals surface area contributed by atoms with Gasteiger partial charge >= 0.3 is 0 Å². The van der Waals surface area contributed by atoms with Crippen molar-refractivity contribution in [3.05, 3.63) is 123 Å². The van der Waals surface area contributed by atoms with Gasteiger partial charge in [-0.25, -0.2) is 9.07 Å². The Kier molecular flexibility index (Phi) is 7.23. The molecule has 0 unspecified atom stereocenters. The van der Waals surface area contributed by atoms with Crippen molar-refractivity contribution in [2.75, 3.05) is 26.2 Å². The van der Waals surface area contributed by atoms with Crippen LogP contribution in [-0.4, -0.2) is 61.2 Å². The summed E-state index contributed by atoms with van der Waals surface area (Å²) in [6, 6.07) is 22.5. The average Bonchev–Trinajstić information content (AvgIpc) is 3.40. The fourth-order valence-electron chi connectivity index (χ4n) is 5.50. The molecule has 0 spiro atoms.